The predicted octanol–water partition coefficient (Wildman–Crippen LogP) is -1.76. The minimum absolute atomic E-state index is 0.987. The van der Waals surface area contributed by atoms with Crippen LogP contribution in [0.2, 0.25) is 0 Å². The normalized spacial score (nSPS) is 16.8. The van der Waals surface area contributed by atoms with E-state index in [0.717, 1.165) is 0 Å². The Morgan fingerprint density at radius 3 is 1.36 bits per heavy atom. The summed E-state index contributed by atoms with van der Waals surface area (Å²) >= 11 is 21.6. The summed E-state index contributed by atoms with van der Waals surface area (Å²) < 4.78 is 11.1. The molecule has 0 heterocycles. The van der Waals surface area contributed by atoms with E-state index in [1.54, 1.807) is 0 Å². The number of ether oxygens (including phenoxy) is 2. The summed E-state index contributed by atoms with van der Waals surface area (Å²) in [7, 11) is 0. The van der Waals surface area contributed by atoms with Crippen molar-refractivity contribution in [1.82, 2.24) is 0 Å². The highest BCUT2D eigenvalue weighted by Crippen LogP contribution is 2.51. The van der Waals surface area contributed by atoms with Crippen LogP contribution in [0.3, 0.4) is 0 Å². The molecule has 206 valence electrons. The van der Waals surface area contributed by atoms with E-state index in [2.05, 4.69) is 75.8 Å². The van der Waals surface area contributed by atoms with Gasteiger partial charge in [0, 0.05) is 12.8 Å². The van der Waals surface area contributed by atoms with E-state index < -0.39 is 105 Å². The minimum Gasteiger partial charge on any atom is -0.394 e. The lowest BCUT2D eigenvalue weighted by atomic mass is 9.62. The molecule has 0 aliphatic carbocycles. The number of carbonyl (C=O) groups is 6. The third kappa shape index (κ3) is 9.57. The number of aliphatic hydroxyl groups is 4. The summed E-state index contributed by atoms with van der Waals surface area (Å²) in [5.41, 5.74) is -8.98. The molecule has 0 unspecified atom stereocenters. The van der Waals surface area contributed by atoms with Gasteiger partial charge >= 0.3 is 0 Å². The molecule has 0 fully saturated rings. The van der Waals surface area contributed by atoms with E-state index in [1.807, 2.05) is 0 Å². The molecule has 0 saturated carbocycles. The molecule has 18 heteroatoms. The van der Waals surface area contributed by atoms with E-state index in [9.17, 15) is 49.2 Å². The first-order valence-corrected chi connectivity index (χ1v) is 12.4. The van der Waals surface area contributed by atoms with Gasteiger partial charge in [0.25, 0.3) is 0 Å². The summed E-state index contributed by atoms with van der Waals surface area (Å²) in [6.07, 6.45) is -9.42. The van der Waals surface area contributed by atoms with Crippen LogP contribution in [0.15, 0.2) is 0 Å². The molecule has 0 saturated heterocycles. The molecule has 0 aromatic carbocycles. The summed E-state index contributed by atoms with van der Waals surface area (Å²) in [5, 5.41) is 35.8. The van der Waals surface area contributed by atoms with Crippen molar-refractivity contribution in [1.29, 1.82) is 0 Å². The van der Waals surface area contributed by atoms with Crippen LogP contribution in [0.5, 0.6) is 0 Å². The highest BCUT2D eigenvalue weighted by Gasteiger charge is 2.69. The zero-order chi connectivity index (χ0) is 28.5. The van der Waals surface area contributed by atoms with Crippen molar-refractivity contribution in [2.75, 3.05) is 19.8 Å². The fourth-order valence-corrected chi connectivity index (χ4v) is 4.91. The van der Waals surface area contributed by atoms with Gasteiger partial charge in [-0.15, -0.1) is 75.8 Å². The molecule has 4 atom stereocenters. The maximum atomic E-state index is 12.4. The zero-order valence-corrected chi connectivity index (χ0v) is 23.7. The molecule has 0 rings (SSSR count). The van der Waals surface area contributed by atoms with Crippen molar-refractivity contribution in [2.45, 2.75) is 54.7 Å². The zero-order valence-electron chi connectivity index (χ0n) is 18.3. The average molecular weight is 627 g/mol. The Morgan fingerprint density at radius 2 is 1.03 bits per heavy atom. The number of hydrogen-bond donors (Lipinski definition) is 10. The predicted molar refractivity (Wildman–Crippen MR) is 144 cm³/mol. The lowest BCUT2D eigenvalue weighted by Gasteiger charge is -2.57. The number of rotatable bonds is 19. The standard InChI is InChI=1S/C18H26O12S6/c19-5-8(20)15(27)17(28,3-11(23)33)18(4-12(24)34,30-7-14(26)36)16(1-9(21)31,2-10(22)32)29-6-13(25)35/h8,15,19-20,27-28H,1-7H2,(H,21,31)(H,22,32)(H,23,33)(H,24,34)(H,25,35)(H,26,36)/t8-,15-,17+,18+/m1/s1. The number of thiol groups is 6. The quantitative estimate of drug-likeness (QED) is 0.0726. The first-order chi connectivity index (χ1) is 16.4. The third-order valence-corrected chi connectivity index (χ3v) is 5.98. The third-order valence-electron chi connectivity index (χ3n) is 5.08. The van der Waals surface area contributed by atoms with E-state index in [1.165, 1.54) is 0 Å². The summed E-state index contributed by atoms with van der Waals surface area (Å²) in [6, 6.07) is 0. The second kappa shape index (κ2) is 15.5. The number of hydrogen-bond acceptors (Lipinski definition) is 12. The molecular formula is C18H26O12S6. The van der Waals surface area contributed by atoms with Gasteiger partial charge in [0.1, 0.15) is 42.2 Å². The molecule has 0 radical (unpaired) electrons. The minimum atomic E-state index is -3.26. The number of aliphatic hydroxyl groups excluding tert-OH is 3. The number of carbonyl (C=O) groups excluding carboxylic acids is 6. The Labute approximate surface area is 238 Å². The maximum Gasteiger partial charge on any atom is 0.211 e. The molecule has 0 aromatic rings. The summed E-state index contributed by atoms with van der Waals surface area (Å²) in [6.45, 7) is -3.31. The molecule has 0 bridgehead atoms. The Balaban J connectivity index is 7.96. The van der Waals surface area contributed by atoms with E-state index in [4.69, 9.17) is 9.47 Å². The van der Waals surface area contributed by atoms with Crippen LogP contribution in [0.4, 0.5) is 0 Å². The molecule has 12 nitrogen and oxygen atoms in total. The topological polar surface area (TPSA) is 202 Å². The van der Waals surface area contributed by atoms with Gasteiger partial charge in [-0.1, -0.05) is 0 Å². The second-order valence-electron chi connectivity index (χ2n) is 7.59. The molecule has 36 heavy (non-hydrogen) atoms. The van der Waals surface area contributed by atoms with Crippen LogP contribution in [0, 0.1) is 0 Å². The van der Waals surface area contributed by atoms with Gasteiger partial charge in [-0.05, 0) is 0 Å². The van der Waals surface area contributed by atoms with Crippen molar-refractivity contribution in [2.24, 2.45) is 0 Å². The molecule has 0 amide bonds. The van der Waals surface area contributed by atoms with Gasteiger partial charge in [0.05, 0.1) is 19.4 Å². The molecule has 0 aliphatic rings. The monoisotopic (exact) mass is 626 g/mol. The van der Waals surface area contributed by atoms with Crippen LogP contribution in [-0.2, 0) is 38.2 Å². The van der Waals surface area contributed by atoms with Crippen molar-refractivity contribution >= 4 is 106 Å². The fourth-order valence-electron chi connectivity index (χ4n) is 3.80. The van der Waals surface area contributed by atoms with Gasteiger partial charge in [0.15, 0.2) is 20.5 Å². The van der Waals surface area contributed by atoms with Gasteiger partial charge in [0.2, 0.25) is 10.2 Å². The van der Waals surface area contributed by atoms with Crippen molar-refractivity contribution in [3.63, 3.8) is 0 Å². The van der Waals surface area contributed by atoms with Crippen LogP contribution in [0.25, 0.3) is 0 Å². The SMILES string of the molecule is O=C(S)COC(CC(=O)S)(CC(=O)S)[C@](CC(=O)S)(OCC(=O)S)[C@](O)(CC(=O)S)[C@H](O)[C@H](O)CO. The van der Waals surface area contributed by atoms with Gasteiger partial charge in [-0.3, -0.25) is 28.8 Å². The van der Waals surface area contributed by atoms with Crippen LogP contribution in [-0.4, -0.2) is 99.9 Å². The summed E-state index contributed by atoms with van der Waals surface area (Å²) in [4.78, 5) is 72.5. The van der Waals surface area contributed by atoms with Crippen LogP contribution < -0.4 is 0 Å². The lowest BCUT2D eigenvalue weighted by molar-refractivity contribution is -0.306. The molecule has 0 aromatic heterocycles. The van der Waals surface area contributed by atoms with Crippen molar-refractivity contribution < 1.29 is 58.7 Å². The summed E-state index contributed by atoms with van der Waals surface area (Å²) in [5.74, 6) is 0. The van der Waals surface area contributed by atoms with E-state index >= 15 is 0 Å². The van der Waals surface area contributed by atoms with Crippen molar-refractivity contribution in [3.8, 4) is 0 Å². The Hall–Kier alpha value is -0.120. The first kappa shape index (κ1) is 35.9. The highest BCUT2D eigenvalue weighted by molar-refractivity contribution is 7.97. The van der Waals surface area contributed by atoms with Gasteiger partial charge < -0.3 is 29.9 Å². The van der Waals surface area contributed by atoms with E-state index in [0.29, 0.717) is 0 Å². The van der Waals surface area contributed by atoms with Crippen molar-refractivity contribution in [3.05, 3.63) is 0 Å². The smallest absolute Gasteiger partial charge is 0.211 e. The van der Waals surface area contributed by atoms with Gasteiger partial charge in [-0.25, -0.2) is 0 Å². The lowest BCUT2D eigenvalue weighted by Crippen LogP contribution is -2.76. The molecule has 4 N–H and O–H groups in total. The van der Waals surface area contributed by atoms with E-state index in [-0.39, 0.29) is 0 Å². The second-order valence-corrected chi connectivity index (χ2v) is 10.6. The largest absolute Gasteiger partial charge is 0.394 e. The van der Waals surface area contributed by atoms with Gasteiger partial charge in [-0.2, -0.15) is 0 Å². The maximum absolute atomic E-state index is 12.4. The Kier molecular flexibility index (Phi) is 15.4. The Morgan fingerprint density at radius 1 is 0.639 bits per heavy atom. The molecule has 0 aliphatic heterocycles. The highest BCUT2D eigenvalue weighted by atomic mass is 32.1. The first-order valence-electron chi connectivity index (χ1n) is 9.67. The Bertz CT molecular complexity index is 854. The molecular weight excluding hydrogens is 601 g/mol. The van der Waals surface area contributed by atoms with Crippen LogP contribution >= 0.6 is 75.8 Å². The molecule has 0 spiro atoms. The van der Waals surface area contributed by atoms with Crippen LogP contribution in [0.1, 0.15) is 25.7 Å². The average Bonchev–Trinajstić information content (AvgIpc) is 2.71. The fraction of sp³-hybridized carbons (Fsp3) is 0.667.